The molecule has 1 saturated heterocycles. The summed E-state index contributed by atoms with van der Waals surface area (Å²) in [6.07, 6.45) is 6.72. The molecule has 4 bridgehead atoms. The molecule has 6 atom stereocenters. The van der Waals surface area contributed by atoms with Gasteiger partial charge in [0.05, 0.1) is 11.2 Å². The normalized spacial score (nSPS) is 34.3. The van der Waals surface area contributed by atoms with Gasteiger partial charge in [0.1, 0.15) is 11.9 Å². The van der Waals surface area contributed by atoms with Gasteiger partial charge in [-0.2, -0.15) is 0 Å². The van der Waals surface area contributed by atoms with Gasteiger partial charge in [-0.15, -0.1) is 0 Å². The molecule has 0 aromatic carbocycles. The Kier molecular flexibility index (Phi) is 5.78. The molecule has 186 valence electrons. The first-order valence-electron chi connectivity index (χ1n) is 12.7. The third-order valence-electron chi connectivity index (χ3n) is 8.53. The van der Waals surface area contributed by atoms with Crippen LogP contribution in [-0.2, 0) is 4.74 Å². The molecular weight excluding hydrogens is 432 g/mol. The lowest BCUT2D eigenvalue weighted by atomic mass is 9.53. The van der Waals surface area contributed by atoms with Crippen LogP contribution in [0.3, 0.4) is 0 Å². The van der Waals surface area contributed by atoms with Crippen molar-refractivity contribution in [2.75, 3.05) is 25.5 Å². The third kappa shape index (κ3) is 4.37. The summed E-state index contributed by atoms with van der Waals surface area (Å²) in [5.74, 6) is 1.64. The molecule has 4 aliphatic carbocycles. The molecule has 4 saturated carbocycles. The summed E-state index contributed by atoms with van der Waals surface area (Å²) in [4.78, 5) is 34.0. The third-order valence-corrected chi connectivity index (χ3v) is 8.53. The first kappa shape index (κ1) is 23.4. The van der Waals surface area contributed by atoms with Crippen LogP contribution >= 0.6 is 0 Å². The van der Waals surface area contributed by atoms with Gasteiger partial charge in [-0.3, -0.25) is 4.79 Å². The van der Waals surface area contributed by atoms with E-state index in [1.165, 1.54) is 0 Å². The summed E-state index contributed by atoms with van der Waals surface area (Å²) in [5, 5.41) is 14.2. The molecule has 8 nitrogen and oxygen atoms in total. The summed E-state index contributed by atoms with van der Waals surface area (Å²) in [7, 11) is 1.80. The Morgan fingerprint density at radius 3 is 2.59 bits per heavy atom. The van der Waals surface area contributed by atoms with Crippen molar-refractivity contribution in [3.8, 4) is 0 Å². The van der Waals surface area contributed by atoms with E-state index in [4.69, 9.17) is 4.74 Å². The highest BCUT2D eigenvalue weighted by atomic mass is 16.6. The molecule has 1 aliphatic heterocycles. The second kappa shape index (κ2) is 8.40. The number of nitrogens with zero attached hydrogens (tertiary/aromatic N) is 3. The summed E-state index contributed by atoms with van der Waals surface area (Å²) in [6.45, 7) is 7.13. The average Bonchev–Trinajstić information content (AvgIpc) is 3.22. The molecule has 34 heavy (non-hydrogen) atoms. The number of hydrogen-bond acceptors (Lipinski definition) is 6. The quantitative estimate of drug-likeness (QED) is 0.699. The van der Waals surface area contributed by atoms with Crippen molar-refractivity contribution >= 4 is 17.8 Å². The maximum atomic E-state index is 13.1. The van der Waals surface area contributed by atoms with Gasteiger partial charge >= 0.3 is 6.09 Å². The van der Waals surface area contributed by atoms with E-state index in [1.54, 1.807) is 35.2 Å². The number of likely N-dealkylation sites (tertiary alicyclic amines) is 1. The maximum absolute atomic E-state index is 13.1. The van der Waals surface area contributed by atoms with E-state index in [-0.39, 0.29) is 29.7 Å². The maximum Gasteiger partial charge on any atom is 0.410 e. The number of hydrogen-bond donors (Lipinski definition) is 2. The highest BCUT2D eigenvalue weighted by Crippen LogP contribution is 2.56. The Hall–Kier alpha value is -2.35. The van der Waals surface area contributed by atoms with Crippen molar-refractivity contribution in [2.45, 2.75) is 82.6 Å². The van der Waals surface area contributed by atoms with Crippen LogP contribution < -0.4 is 5.32 Å². The average molecular weight is 471 g/mol. The lowest BCUT2D eigenvalue weighted by molar-refractivity contribution is -0.177. The predicted octanol–water partition coefficient (Wildman–Crippen LogP) is 3.51. The lowest BCUT2D eigenvalue weighted by Crippen LogP contribution is -2.58. The fourth-order valence-electron chi connectivity index (χ4n) is 6.73. The Morgan fingerprint density at radius 1 is 1.24 bits per heavy atom. The summed E-state index contributed by atoms with van der Waals surface area (Å²) in [6, 6.07) is 3.57. The van der Waals surface area contributed by atoms with E-state index < -0.39 is 5.60 Å². The minimum atomic E-state index is -0.527. The largest absolute Gasteiger partial charge is 0.446 e. The Labute approximate surface area is 202 Å². The van der Waals surface area contributed by atoms with Gasteiger partial charge in [0.2, 0.25) is 0 Å². The summed E-state index contributed by atoms with van der Waals surface area (Å²) in [5.41, 5.74) is -0.292. The molecular formula is C26H38N4O4. The van der Waals surface area contributed by atoms with Crippen molar-refractivity contribution in [3.05, 3.63) is 23.9 Å². The molecule has 8 heteroatoms. The predicted molar refractivity (Wildman–Crippen MR) is 128 cm³/mol. The Balaban J connectivity index is 1.20. The molecule has 5 unspecified atom stereocenters. The second-order valence-corrected chi connectivity index (χ2v) is 12.1. The summed E-state index contributed by atoms with van der Waals surface area (Å²) < 4.78 is 6.06. The number of aliphatic hydroxyl groups is 1. The zero-order valence-corrected chi connectivity index (χ0v) is 20.8. The number of nitrogens with one attached hydrogen (secondary N) is 1. The zero-order chi connectivity index (χ0) is 24.3. The van der Waals surface area contributed by atoms with Crippen LogP contribution in [-0.4, -0.2) is 75.3 Å². The van der Waals surface area contributed by atoms with Crippen molar-refractivity contribution < 1.29 is 19.4 Å². The topological polar surface area (TPSA) is 95.0 Å². The molecule has 2 heterocycles. The minimum Gasteiger partial charge on any atom is -0.446 e. The van der Waals surface area contributed by atoms with E-state index in [0.717, 1.165) is 38.5 Å². The van der Waals surface area contributed by atoms with Crippen LogP contribution in [0.2, 0.25) is 0 Å². The molecule has 2 N–H and O–H groups in total. The Bertz CT molecular complexity index is 944. The number of aromatic nitrogens is 1. The molecule has 5 aliphatic rings. The van der Waals surface area contributed by atoms with Gasteiger partial charge in [-0.1, -0.05) is 0 Å². The van der Waals surface area contributed by atoms with Crippen molar-refractivity contribution in [3.63, 3.8) is 0 Å². The second-order valence-electron chi connectivity index (χ2n) is 12.1. The van der Waals surface area contributed by atoms with Crippen LogP contribution in [0, 0.1) is 17.8 Å². The smallest absolute Gasteiger partial charge is 0.410 e. The van der Waals surface area contributed by atoms with Gasteiger partial charge < -0.3 is 25.0 Å². The van der Waals surface area contributed by atoms with E-state index >= 15 is 0 Å². The SMILES string of the molecule is CN(C(=O)c1cccnc1NC1CCN(C(=O)OC2C3CC4C[C@H]2CC(O)(C4)C3)C1)C(C)(C)C. The standard InChI is InChI=1S/C26H38N4O4/c1-25(2,3)29(4)23(31)20-6-5-8-27-22(20)28-19-7-9-30(15-19)24(32)34-21-17-10-16-11-18(21)14-26(33,12-16)13-17/h5-6,8,16-19,21,33H,7,9-15H2,1-4H3,(H,27,28)/t16?,17-,18?,19?,21?,26?/m0/s1. The van der Waals surface area contributed by atoms with E-state index in [1.807, 2.05) is 20.8 Å². The number of pyridine rings is 1. The molecule has 6 rings (SSSR count). The number of rotatable bonds is 4. The number of anilines is 1. The number of ether oxygens (including phenoxy) is 1. The highest BCUT2D eigenvalue weighted by Gasteiger charge is 2.56. The first-order valence-corrected chi connectivity index (χ1v) is 12.7. The van der Waals surface area contributed by atoms with E-state index in [0.29, 0.717) is 42.2 Å². The highest BCUT2D eigenvalue weighted by molar-refractivity contribution is 5.99. The number of amides is 2. The van der Waals surface area contributed by atoms with Gasteiger partial charge in [0.15, 0.2) is 0 Å². The summed E-state index contributed by atoms with van der Waals surface area (Å²) >= 11 is 0. The molecule has 5 fully saturated rings. The van der Waals surface area contributed by atoms with Crippen molar-refractivity contribution in [1.29, 1.82) is 0 Å². The molecule has 0 spiro atoms. The lowest BCUT2D eigenvalue weighted by Gasteiger charge is -2.57. The van der Waals surface area contributed by atoms with Gasteiger partial charge in [0.25, 0.3) is 5.91 Å². The zero-order valence-electron chi connectivity index (χ0n) is 20.8. The first-order chi connectivity index (χ1) is 16.0. The van der Waals surface area contributed by atoms with Crippen molar-refractivity contribution in [1.82, 2.24) is 14.8 Å². The van der Waals surface area contributed by atoms with Crippen LogP contribution in [0.15, 0.2) is 18.3 Å². The van der Waals surface area contributed by atoms with Crippen LogP contribution in [0.4, 0.5) is 10.6 Å². The minimum absolute atomic E-state index is 0.00755. The Morgan fingerprint density at radius 2 is 1.94 bits per heavy atom. The monoisotopic (exact) mass is 470 g/mol. The van der Waals surface area contributed by atoms with Crippen LogP contribution in [0.1, 0.15) is 69.7 Å². The van der Waals surface area contributed by atoms with Crippen molar-refractivity contribution in [2.24, 2.45) is 17.8 Å². The van der Waals surface area contributed by atoms with E-state index in [9.17, 15) is 14.7 Å². The fourth-order valence-corrected chi connectivity index (χ4v) is 6.73. The molecule has 1 aromatic heterocycles. The molecule has 0 radical (unpaired) electrons. The molecule has 2 amide bonds. The van der Waals surface area contributed by atoms with Crippen LogP contribution in [0.5, 0.6) is 0 Å². The van der Waals surface area contributed by atoms with Gasteiger partial charge in [0, 0.05) is 37.9 Å². The van der Waals surface area contributed by atoms with E-state index in [2.05, 4.69) is 10.3 Å². The van der Waals surface area contributed by atoms with Gasteiger partial charge in [-0.25, -0.2) is 9.78 Å². The number of carbonyl (C=O) groups excluding carboxylic acids is 2. The van der Waals surface area contributed by atoms with Gasteiger partial charge in [-0.05, 0) is 89.2 Å². The van der Waals surface area contributed by atoms with Crippen LogP contribution in [0.25, 0.3) is 0 Å². The number of carbonyl (C=O) groups is 2. The fraction of sp³-hybridized carbons (Fsp3) is 0.731. The molecule has 1 aromatic rings.